The maximum atomic E-state index is 13.9. The maximum Gasteiger partial charge on any atom is 0.228 e. The van der Waals surface area contributed by atoms with Crippen LogP contribution < -0.4 is 4.74 Å². The van der Waals surface area contributed by atoms with Crippen molar-refractivity contribution >= 4 is 0 Å². The van der Waals surface area contributed by atoms with Gasteiger partial charge in [0.15, 0.2) is 17.4 Å². The lowest BCUT2D eigenvalue weighted by atomic mass is 9.77. The Kier molecular flexibility index (Phi) is 5.67. The van der Waals surface area contributed by atoms with Crippen molar-refractivity contribution in [1.82, 2.24) is 0 Å². The standard InChI is InChI=1S/C21H23F3O/c1-2-14-3-5-15(6-4-14)16-7-9-17(10-8-16)18-11-19(23)21(25-13-22)20(24)12-18/h7-12,14-15H,2-6,13H2,1H3. The topological polar surface area (TPSA) is 9.23 Å². The molecule has 3 rings (SSSR count). The second-order valence-corrected chi connectivity index (χ2v) is 6.77. The zero-order valence-corrected chi connectivity index (χ0v) is 14.4. The minimum Gasteiger partial charge on any atom is -0.457 e. The third kappa shape index (κ3) is 4.00. The highest BCUT2D eigenvalue weighted by molar-refractivity contribution is 5.65. The SMILES string of the molecule is CCC1CCC(c2ccc(-c3cc(F)c(OCF)c(F)c3)cc2)CC1. The van der Waals surface area contributed by atoms with E-state index in [-0.39, 0.29) is 0 Å². The van der Waals surface area contributed by atoms with Gasteiger partial charge in [-0.1, -0.05) is 37.6 Å². The van der Waals surface area contributed by atoms with Gasteiger partial charge < -0.3 is 4.74 Å². The number of halogens is 3. The first-order valence-corrected chi connectivity index (χ1v) is 8.90. The van der Waals surface area contributed by atoms with Gasteiger partial charge in [-0.25, -0.2) is 13.2 Å². The highest BCUT2D eigenvalue weighted by atomic mass is 19.1. The largest absolute Gasteiger partial charge is 0.457 e. The Hall–Kier alpha value is -1.97. The summed E-state index contributed by atoms with van der Waals surface area (Å²) in [4.78, 5) is 0. The summed E-state index contributed by atoms with van der Waals surface area (Å²) in [6.07, 6.45) is 6.21. The van der Waals surface area contributed by atoms with Crippen molar-refractivity contribution in [3.05, 3.63) is 53.6 Å². The second kappa shape index (κ2) is 7.94. The Morgan fingerprint density at radius 2 is 1.52 bits per heavy atom. The Balaban J connectivity index is 1.76. The molecule has 0 N–H and O–H groups in total. The van der Waals surface area contributed by atoms with Crippen LogP contribution in [-0.2, 0) is 0 Å². The molecule has 1 aliphatic carbocycles. The van der Waals surface area contributed by atoms with Crippen LogP contribution in [0.2, 0.25) is 0 Å². The predicted molar refractivity (Wildman–Crippen MR) is 93.4 cm³/mol. The van der Waals surface area contributed by atoms with Gasteiger partial charge in [0, 0.05) is 0 Å². The van der Waals surface area contributed by atoms with Gasteiger partial charge in [0.1, 0.15) is 0 Å². The molecular formula is C21H23F3O. The van der Waals surface area contributed by atoms with Crippen molar-refractivity contribution in [2.45, 2.75) is 44.9 Å². The van der Waals surface area contributed by atoms with E-state index in [0.29, 0.717) is 11.5 Å². The number of hydrogen-bond acceptors (Lipinski definition) is 1. The molecule has 25 heavy (non-hydrogen) atoms. The highest BCUT2D eigenvalue weighted by Gasteiger charge is 2.21. The second-order valence-electron chi connectivity index (χ2n) is 6.77. The molecule has 1 fully saturated rings. The summed E-state index contributed by atoms with van der Waals surface area (Å²) < 4.78 is 44.3. The third-order valence-electron chi connectivity index (χ3n) is 5.34. The van der Waals surface area contributed by atoms with Crippen LogP contribution in [0.25, 0.3) is 11.1 Å². The first kappa shape index (κ1) is 17.8. The minimum atomic E-state index is -1.26. The fraction of sp³-hybridized carbons (Fsp3) is 0.429. The molecule has 1 aliphatic rings. The molecule has 0 unspecified atom stereocenters. The van der Waals surface area contributed by atoms with E-state index in [4.69, 9.17) is 0 Å². The van der Waals surface area contributed by atoms with Crippen LogP contribution in [0.4, 0.5) is 13.2 Å². The zero-order valence-electron chi connectivity index (χ0n) is 14.4. The van der Waals surface area contributed by atoms with Gasteiger partial charge in [0.25, 0.3) is 0 Å². The van der Waals surface area contributed by atoms with Crippen LogP contribution in [0.1, 0.15) is 50.5 Å². The van der Waals surface area contributed by atoms with E-state index in [1.54, 1.807) is 0 Å². The van der Waals surface area contributed by atoms with Gasteiger partial charge in [-0.05, 0) is 66.3 Å². The van der Waals surface area contributed by atoms with Crippen LogP contribution in [-0.4, -0.2) is 6.86 Å². The van der Waals surface area contributed by atoms with Crippen LogP contribution in [0.3, 0.4) is 0 Å². The van der Waals surface area contributed by atoms with Crippen molar-refractivity contribution in [2.24, 2.45) is 5.92 Å². The van der Waals surface area contributed by atoms with Crippen LogP contribution >= 0.6 is 0 Å². The van der Waals surface area contributed by atoms with E-state index in [9.17, 15) is 13.2 Å². The lowest BCUT2D eigenvalue weighted by Crippen LogP contribution is -2.12. The molecule has 2 aromatic rings. The first-order chi connectivity index (χ1) is 12.1. The lowest BCUT2D eigenvalue weighted by Gasteiger charge is -2.28. The molecular weight excluding hydrogens is 325 g/mol. The Labute approximate surface area is 146 Å². The summed E-state index contributed by atoms with van der Waals surface area (Å²) in [6, 6.07) is 10.2. The normalized spacial score (nSPS) is 20.5. The Morgan fingerprint density at radius 1 is 0.920 bits per heavy atom. The molecule has 0 spiro atoms. The smallest absolute Gasteiger partial charge is 0.228 e. The summed E-state index contributed by atoms with van der Waals surface area (Å²) in [7, 11) is 0. The Bertz CT molecular complexity index is 681. The van der Waals surface area contributed by atoms with Gasteiger partial charge in [0.2, 0.25) is 6.86 Å². The summed E-state index contributed by atoms with van der Waals surface area (Å²) in [5.74, 6) is -1.03. The summed E-state index contributed by atoms with van der Waals surface area (Å²) >= 11 is 0. The van der Waals surface area contributed by atoms with Crippen LogP contribution in [0.5, 0.6) is 5.75 Å². The van der Waals surface area contributed by atoms with E-state index in [1.165, 1.54) is 49.8 Å². The van der Waals surface area contributed by atoms with E-state index >= 15 is 0 Å². The molecule has 0 saturated heterocycles. The monoisotopic (exact) mass is 348 g/mol. The number of rotatable bonds is 5. The first-order valence-electron chi connectivity index (χ1n) is 8.90. The molecule has 0 radical (unpaired) electrons. The lowest BCUT2D eigenvalue weighted by molar-refractivity contribution is 0.176. The molecule has 0 aliphatic heterocycles. The molecule has 1 nitrogen and oxygen atoms in total. The third-order valence-corrected chi connectivity index (χ3v) is 5.34. The van der Waals surface area contributed by atoms with Gasteiger partial charge in [-0.3, -0.25) is 0 Å². The van der Waals surface area contributed by atoms with E-state index in [1.807, 2.05) is 24.3 Å². The van der Waals surface area contributed by atoms with Crippen molar-refractivity contribution in [2.75, 3.05) is 6.86 Å². The average Bonchev–Trinajstić information content (AvgIpc) is 2.65. The highest BCUT2D eigenvalue weighted by Crippen LogP contribution is 2.37. The quantitative estimate of drug-likeness (QED) is 0.590. The Morgan fingerprint density at radius 3 is 2.04 bits per heavy atom. The molecule has 134 valence electrons. The summed E-state index contributed by atoms with van der Waals surface area (Å²) in [5.41, 5.74) is 2.44. The number of ether oxygens (including phenoxy) is 1. The van der Waals surface area contributed by atoms with E-state index in [0.717, 1.165) is 11.5 Å². The molecule has 0 amide bonds. The van der Waals surface area contributed by atoms with Gasteiger partial charge in [-0.2, -0.15) is 0 Å². The maximum absolute atomic E-state index is 13.9. The van der Waals surface area contributed by atoms with Crippen LogP contribution in [0, 0.1) is 17.6 Å². The van der Waals surface area contributed by atoms with Gasteiger partial charge in [-0.15, -0.1) is 0 Å². The van der Waals surface area contributed by atoms with E-state index < -0.39 is 24.2 Å². The van der Waals surface area contributed by atoms with Crippen molar-refractivity contribution in [3.63, 3.8) is 0 Å². The number of alkyl halides is 1. The van der Waals surface area contributed by atoms with E-state index in [2.05, 4.69) is 11.7 Å². The fourth-order valence-electron chi connectivity index (χ4n) is 3.77. The summed E-state index contributed by atoms with van der Waals surface area (Å²) in [6.45, 7) is 0.990. The number of hydrogen-bond donors (Lipinski definition) is 0. The van der Waals surface area contributed by atoms with Crippen molar-refractivity contribution in [3.8, 4) is 16.9 Å². The van der Waals surface area contributed by atoms with Crippen LogP contribution in [0.15, 0.2) is 36.4 Å². The zero-order chi connectivity index (χ0) is 17.8. The molecule has 0 bridgehead atoms. The van der Waals surface area contributed by atoms with Gasteiger partial charge in [0.05, 0.1) is 0 Å². The molecule has 2 aromatic carbocycles. The number of benzene rings is 2. The molecule has 1 saturated carbocycles. The fourth-order valence-corrected chi connectivity index (χ4v) is 3.77. The molecule has 0 heterocycles. The average molecular weight is 348 g/mol. The predicted octanol–water partition coefficient (Wildman–Crippen LogP) is 6.62. The van der Waals surface area contributed by atoms with Crippen molar-refractivity contribution < 1.29 is 17.9 Å². The molecule has 0 atom stereocenters. The van der Waals surface area contributed by atoms with Crippen molar-refractivity contribution in [1.29, 1.82) is 0 Å². The summed E-state index contributed by atoms with van der Waals surface area (Å²) in [5, 5.41) is 0. The molecule has 0 aromatic heterocycles. The van der Waals surface area contributed by atoms with Gasteiger partial charge >= 0.3 is 0 Å². The molecule has 4 heteroatoms. The minimum absolute atomic E-state index is 0.419.